The summed E-state index contributed by atoms with van der Waals surface area (Å²) in [5.74, 6) is -0.218. The van der Waals surface area contributed by atoms with E-state index in [0.29, 0.717) is 17.1 Å². The number of tetrazole rings is 1. The monoisotopic (exact) mass is 402 g/mol. The topological polar surface area (TPSA) is 106 Å². The number of nitrogens with zero attached hydrogens (tertiary/aromatic N) is 6. The fourth-order valence-corrected chi connectivity index (χ4v) is 2.97. The summed E-state index contributed by atoms with van der Waals surface area (Å²) < 4.78 is 32.2. The van der Waals surface area contributed by atoms with Crippen molar-refractivity contribution in [2.75, 3.05) is 18.1 Å². The molecule has 1 fully saturated rings. The van der Waals surface area contributed by atoms with Crippen LogP contribution in [0.2, 0.25) is 0 Å². The zero-order valence-electron chi connectivity index (χ0n) is 15.2. The van der Waals surface area contributed by atoms with Crippen molar-refractivity contribution in [2.24, 2.45) is 7.05 Å². The molecule has 1 N–H and O–H groups in total. The van der Waals surface area contributed by atoms with Gasteiger partial charge in [-0.05, 0) is 29.5 Å². The lowest BCUT2D eigenvalue weighted by atomic mass is 10.1. The fraction of sp³-hybridized carbons (Fsp3) is 0.278. The number of hydrogen-bond acceptors (Lipinski definition) is 7. The number of carbonyl (C=O) groups excluding carboxylic acids is 1. The number of pyridine rings is 1. The lowest BCUT2D eigenvalue weighted by molar-refractivity contribution is 0.0188. The highest BCUT2D eigenvalue weighted by molar-refractivity contribution is 5.90. The minimum absolute atomic E-state index is 0.0654. The van der Waals surface area contributed by atoms with Gasteiger partial charge in [-0.25, -0.2) is 13.6 Å². The first-order valence-electron chi connectivity index (χ1n) is 8.69. The lowest BCUT2D eigenvalue weighted by Crippen LogP contribution is -2.32. The minimum atomic E-state index is -1.42. The van der Waals surface area contributed by atoms with Crippen LogP contribution in [0.15, 0.2) is 36.5 Å². The third-order valence-electron chi connectivity index (χ3n) is 4.50. The first-order chi connectivity index (χ1) is 14.0. The van der Waals surface area contributed by atoms with Crippen LogP contribution in [-0.2, 0) is 11.8 Å². The van der Waals surface area contributed by atoms with Gasteiger partial charge in [0.05, 0.1) is 19.3 Å². The van der Waals surface area contributed by atoms with E-state index in [1.807, 2.05) is 0 Å². The number of cyclic esters (lactones) is 1. The molecule has 0 aliphatic carbocycles. The maximum atomic E-state index is 14.7. The molecule has 1 amide bonds. The molecular formula is C18H16F2N6O3. The van der Waals surface area contributed by atoms with Gasteiger partial charge < -0.3 is 9.84 Å². The number of ether oxygens (including phenoxy) is 1. The van der Waals surface area contributed by atoms with Crippen LogP contribution in [0.3, 0.4) is 0 Å². The van der Waals surface area contributed by atoms with E-state index >= 15 is 0 Å². The van der Waals surface area contributed by atoms with Crippen LogP contribution in [0, 0.1) is 5.82 Å². The molecule has 11 heteroatoms. The third-order valence-corrected chi connectivity index (χ3v) is 4.50. The Bertz CT molecular complexity index is 1040. The number of aromatic nitrogens is 5. The van der Waals surface area contributed by atoms with Gasteiger partial charge in [-0.1, -0.05) is 6.07 Å². The molecule has 1 saturated heterocycles. The number of hydrogen-bond donors (Lipinski definition) is 1. The molecular weight excluding hydrogens is 386 g/mol. The average Bonchev–Trinajstić information content (AvgIpc) is 3.33. The second kappa shape index (κ2) is 7.51. The van der Waals surface area contributed by atoms with Gasteiger partial charge in [0.15, 0.2) is 6.10 Å². The number of amides is 1. The van der Waals surface area contributed by atoms with Crippen LogP contribution in [0.5, 0.6) is 0 Å². The Morgan fingerprint density at radius 1 is 1.34 bits per heavy atom. The van der Waals surface area contributed by atoms with Gasteiger partial charge in [0.2, 0.25) is 5.82 Å². The van der Waals surface area contributed by atoms with Crippen molar-refractivity contribution in [3.63, 3.8) is 0 Å². The highest BCUT2D eigenvalue weighted by atomic mass is 19.1. The number of benzene rings is 1. The first kappa shape index (κ1) is 18.9. The number of rotatable bonds is 5. The first-order valence-corrected chi connectivity index (χ1v) is 8.69. The minimum Gasteiger partial charge on any atom is -0.441 e. The average molecular weight is 402 g/mol. The summed E-state index contributed by atoms with van der Waals surface area (Å²) in [7, 11) is 1.64. The summed E-state index contributed by atoms with van der Waals surface area (Å²) in [4.78, 5) is 18.7. The number of halogens is 2. The third kappa shape index (κ3) is 3.63. The van der Waals surface area contributed by atoms with Gasteiger partial charge in [0.25, 0.3) is 0 Å². The van der Waals surface area contributed by atoms with Gasteiger partial charge in [-0.15, -0.1) is 10.2 Å². The van der Waals surface area contributed by atoms with Crippen molar-refractivity contribution in [1.82, 2.24) is 25.2 Å². The highest BCUT2D eigenvalue weighted by Crippen LogP contribution is 2.30. The van der Waals surface area contributed by atoms with E-state index in [1.54, 1.807) is 25.2 Å². The van der Waals surface area contributed by atoms with Gasteiger partial charge in [-0.2, -0.15) is 4.80 Å². The van der Waals surface area contributed by atoms with Crippen LogP contribution >= 0.6 is 0 Å². The summed E-state index contributed by atoms with van der Waals surface area (Å²) in [6, 6.07) is 7.56. The van der Waals surface area contributed by atoms with Crippen molar-refractivity contribution in [1.29, 1.82) is 0 Å². The lowest BCUT2D eigenvalue weighted by Gasteiger charge is -2.15. The molecule has 2 aromatic heterocycles. The molecule has 9 nitrogen and oxygen atoms in total. The van der Waals surface area contributed by atoms with Gasteiger partial charge >= 0.3 is 6.09 Å². The SMILES string of the molecule is Cn1nnc(-c2ccc(-c3ccc(N4CC(C(O)CF)OC4=O)cc3F)cn2)n1. The Morgan fingerprint density at radius 3 is 2.79 bits per heavy atom. The predicted octanol–water partition coefficient (Wildman–Crippen LogP) is 1.73. The van der Waals surface area contributed by atoms with Crippen LogP contribution < -0.4 is 4.90 Å². The number of aryl methyl sites for hydroxylation is 1. The van der Waals surface area contributed by atoms with E-state index in [-0.39, 0.29) is 17.8 Å². The molecule has 1 aliphatic rings. The van der Waals surface area contributed by atoms with Crippen molar-refractivity contribution >= 4 is 11.8 Å². The molecule has 1 aliphatic heterocycles. The van der Waals surface area contributed by atoms with Crippen LogP contribution in [-0.4, -0.2) is 61.8 Å². The predicted molar refractivity (Wildman–Crippen MR) is 97.0 cm³/mol. The molecule has 29 heavy (non-hydrogen) atoms. The Balaban J connectivity index is 1.55. The van der Waals surface area contributed by atoms with E-state index in [2.05, 4.69) is 20.4 Å². The maximum absolute atomic E-state index is 14.7. The summed E-state index contributed by atoms with van der Waals surface area (Å²) in [5.41, 5.74) is 1.55. The van der Waals surface area contributed by atoms with Crippen LogP contribution in [0.1, 0.15) is 0 Å². The summed E-state index contributed by atoms with van der Waals surface area (Å²) in [5, 5.41) is 21.2. The maximum Gasteiger partial charge on any atom is 0.414 e. The standard InChI is InChI=1S/C18H16F2N6O3/c1-25-23-17(22-24-25)14-5-2-10(8-21-14)12-4-3-11(6-13(12)20)26-9-16(15(27)7-19)29-18(26)28/h2-6,8,15-16,27H,7,9H2,1H3. The molecule has 3 aromatic rings. The van der Waals surface area contributed by atoms with Crippen molar-refractivity contribution in [3.8, 4) is 22.6 Å². The van der Waals surface area contributed by atoms with Crippen LogP contribution in [0.25, 0.3) is 22.6 Å². The second-order valence-electron chi connectivity index (χ2n) is 6.45. The molecule has 4 rings (SSSR count). The molecule has 3 heterocycles. The molecule has 2 unspecified atom stereocenters. The van der Waals surface area contributed by atoms with E-state index in [4.69, 9.17) is 4.74 Å². The van der Waals surface area contributed by atoms with E-state index in [0.717, 1.165) is 4.90 Å². The summed E-state index contributed by atoms with van der Waals surface area (Å²) in [6.07, 6.45) is -1.69. The molecule has 1 aromatic carbocycles. The summed E-state index contributed by atoms with van der Waals surface area (Å²) in [6.45, 7) is -1.10. The molecule has 0 saturated carbocycles. The number of anilines is 1. The molecule has 150 valence electrons. The number of aliphatic hydroxyl groups is 1. The Morgan fingerprint density at radius 2 is 2.17 bits per heavy atom. The number of alkyl halides is 1. The van der Waals surface area contributed by atoms with Gasteiger partial charge in [0, 0.05) is 17.3 Å². The van der Waals surface area contributed by atoms with E-state index in [9.17, 15) is 18.7 Å². The van der Waals surface area contributed by atoms with Crippen molar-refractivity contribution < 1.29 is 23.4 Å². The number of carbonyl (C=O) groups is 1. The highest BCUT2D eigenvalue weighted by Gasteiger charge is 2.37. The zero-order chi connectivity index (χ0) is 20.5. The smallest absolute Gasteiger partial charge is 0.414 e. The Kier molecular flexibility index (Phi) is 4.89. The quantitative estimate of drug-likeness (QED) is 0.693. The molecule has 0 spiro atoms. The summed E-state index contributed by atoms with van der Waals surface area (Å²) >= 11 is 0. The van der Waals surface area contributed by atoms with E-state index < -0.39 is 30.8 Å². The van der Waals surface area contributed by atoms with Gasteiger partial charge in [-0.3, -0.25) is 9.88 Å². The largest absolute Gasteiger partial charge is 0.441 e. The Labute approximate surface area is 163 Å². The van der Waals surface area contributed by atoms with Crippen LogP contribution in [0.4, 0.5) is 19.3 Å². The van der Waals surface area contributed by atoms with Crippen molar-refractivity contribution in [3.05, 3.63) is 42.3 Å². The molecule has 2 atom stereocenters. The normalized spacial score (nSPS) is 17.4. The number of aliphatic hydroxyl groups excluding tert-OH is 1. The van der Waals surface area contributed by atoms with Crippen molar-refractivity contribution in [2.45, 2.75) is 12.2 Å². The zero-order valence-corrected chi connectivity index (χ0v) is 15.2. The fourth-order valence-electron chi connectivity index (χ4n) is 2.97. The van der Waals surface area contributed by atoms with E-state index in [1.165, 1.54) is 23.1 Å². The Hall–Kier alpha value is -3.47. The van der Waals surface area contributed by atoms with Gasteiger partial charge in [0.1, 0.15) is 24.3 Å². The second-order valence-corrected chi connectivity index (χ2v) is 6.45. The molecule has 0 bridgehead atoms. The molecule has 0 radical (unpaired) electrons.